The third-order valence-electron chi connectivity index (χ3n) is 3.66. The van der Waals surface area contributed by atoms with E-state index in [0.717, 1.165) is 11.3 Å². The van der Waals surface area contributed by atoms with Crippen molar-refractivity contribution in [1.29, 1.82) is 0 Å². The second kappa shape index (κ2) is 9.27. The number of hydrogen-bond acceptors (Lipinski definition) is 4. The van der Waals surface area contributed by atoms with Gasteiger partial charge in [-0.3, -0.25) is 9.59 Å². The number of anilines is 1. The maximum absolute atomic E-state index is 12.1. The van der Waals surface area contributed by atoms with Crippen LogP contribution in [0.25, 0.3) is 6.08 Å². The molecule has 1 N–H and O–H groups in total. The molecular formula is C20H22N2O4. The molecule has 0 unspecified atom stereocenters. The van der Waals surface area contributed by atoms with Gasteiger partial charge in [0.15, 0.2) is 0 Å². The van der Waals surface area contributed by atoms with Gasteiger partial charge in [0, 0.05) is 18.8 Å². The third-order valence-corrected chi connectivity index (χ3v) is 3.66. The van der Waals surface area contributed by atoms with Crippen LogP contribution in [-0.4, -0.2) is 44.5 Å². The Balaban J connectivity index is 1.86. The zero-order valence-electron chi connectivity index (χ0n) is 15.1. The molecule has 0 bridgehead atoms. The lowest BCUT2D eigenvalue weighted by atomic mass is 10.2. The minimum Gasteiger partial charge on any atom is -0.497 e. The number of nitrogens with one attached hydrogen (secondary N) is 1. The van der Waals surface area contributed by atoms with Crippen molar-refractivity contribution in [3.8, 4) is 11.5 Å². The normalized spacial score (nSPS) is 10.4. The van der Waals surface area contributed by atoms with E-state index in [0.29, 0.717) is 11.4 Å². The fraction of sp³-hybridized carbons (Fsp3) is 0.200. The van der Waals surface area contributed by atoms with E-state index in [4.69, 9.17) is 9.47 Å². The molecule has 0 spiro atoms. The Kier molecular flexibility index (Phi) is 6.79. The lowest BCUT2D eigenvalue weighted by Gasteiger charge is -2.15. The lowest BCUT2D eigenvalue weighted by Crippen LogP contribution is -2.33. The molecule has 0 atom stereocenters. The van der Waals surface area contributed by atoms with Crippen LogP contribution in [0.5, 0.6) is 11.5 Å². The van der Waals surface area contributed by atoms with Crippen molar-refractivity contribution in [2.45, 2.75) is 0 Å². The Morgan fingerprint density at radius 2 is 1.50 bits per heavy atom. The van der Waals surface area contributed by atoms with E-state index in [1.165, 1.54) is 11.0 Å². The van der Waals surface area contributed by atoms with Crippen LogP contribution in [0.1, 0.15) is 5.56 Å². The van der Waals surface area contributed by atoms with E-state index < -0.39 is 0 Å². The summed E-state index contributed by atoms with van der Waals surface area (Å²) in [6.07, 6.45) is 3.13. The summed E-state index contributed by atoms with van der Waals surface area (Å²) >= 11 is 0. The van der Waals surface area contributed by atoms with Gasteiger partial charge in [-0.2, -0.15) is 0 Å². The van der Waals surface area contributed by atoms with Crippen molar-refractivity contribution in [1.82, 2.24) is 4.90 Å². The fourth-order valence-electron chi connectivity index (χ4n) is 2.18. The molecule has 0 aliphatic carbocycles. The summed E-state index contributed by atoms with van der Waals surface area (Å²) in [5.74, 6) is 0.925. The molecule has 0 fully saturated rings. The summed E-state index contributed by atoms with van der Waals surface area (Å²) < 4.78 is 10.2. The molecule has 2 rings (SSSR count). The molecule has 2 aromatic rings. The van der Waals surface area contributed by atoms with Crippen molar-refractivity contribution in [3.63, 3.8) is 0 Å². The van der Waals surface area contributed by atoms with E-state index in [1.54, 1.807) is 51.6 Å². The molecule has 2 aromatic carbocycles. The SMILES string of the molecule is COc1ccc(/C=C/C(=O)N(C)CC(=O)Nc2ccc(OC)cc2)cc1. The van der Waals surface area contributed by atoms with E-state index in [9.17, 15) is 9.59 Å². The number of carbonyl (C=O) groups is 2. The fourth-order valence-corrected chi connectivity index (χ4v) is 2.18. The molecule has 0 aliphatic heterocycles. The quantitative estimate of drug-likeness (QED) is 0.777. The monoisotopic (exact) mass is 354 g/mol. The highest BCUT2D eigenvalue weighted by atomic mass is 16.5. The van der Waals surface area contributed by atoms with Crippen LogP contribution < -0.4 is 14.8 Å². The first-order chi connectivity index (χ1) is 12.5. The Labute approximate surface area is 153 Å². The predicted octanol–water partition coefficient (Wildman–Crippen LogP) is 2.81. The third kappa shape index (κ3) is 5.66. The molecule has 136 valence electrons. The van der Waals surface area contributed by atoms with Gasteiger partial charge in [-0.15, -0.1) is 0 Å². The zero-order chi connectivity index (χ0) is 18.9. The number of rotatable bonds is 7. The molecule has 0 saturated heterocycles. The summed E-state index contributed by atoms with van der Waals surface area (Å²) in [6, 6.07) is 14.3. The highest BCUT2D eigenvalue weighted by Gasteiger charge is 2.10. The highest BCUT2D eigenvalue weighted by molar-refractivity contribution is 5.97. The molecule has 26 heavy (non-hydrogen) atoms. The lowest BCUT2D eigenvalue weighted by molar-refractivity contribution is -0.129. The zero-order valence-corrected chi connectivity index (χ0v) is 15.1. The average molecular weight is 354 g/mol. The molecule has 6 heteroatoms. The Morgan fingerprint density at radius 3 is 2.04 bits per heavy atom. The topological polar surface area (TPSA) is 67.9 Å². The van der Waals surface area contributed by atoms with Crippen LogP contribution in [0.2, 0.25) is 0 Å². The van der Waals surface area contributed by atoms with Crippen LogP contribution >= 0.6 is 0 Å². The molecule has 0 radical (unpaired) electrons. The van der Waals surface area contributed by atoms with Gasteiger partial charge in [0.2, 0.25) is 11.8 Å². The van der Waals surface area contributed by atoms with E-state index in [-0.39, 0.29) is 18.4 Å². The van der Waals surface area contributed by atoms with Crippen molar-refractivity contribution < 1.29 is 19.1 Å². The number of methoxy groups -OCH3 is 2. The maximum Gasteiger partial charge on any atom is 0.246 e. The number of carbonyl (C=O) groups excluding carboxylic acids is 2. The van der Waals surface area contributed by atoms with Crippen molar-refractivity contribution >= 4 is 23.6 Å². The second-order valence-electron chi connectivity index (χ2n) is 5.58. The van der Waals surface area contributed by atoms with Crippen molar-refractivity contribution in [2.24, 2.45) is 0 Å². The van der Waals surface area contributed by atoms with Gasteiger partial charge in [-0.05, 0) is 48.0 Å². The predicted molar refractivity (Wildman–Crippen MR) is 101 cm³/mol. The Bertz CT molecular complexity index is 767. The standard InChI is InChI=1S/C20H22N2O4/c1-22(14-19(23)21-16-7-11-18(26-3)12-8-16)20(24)13-6-15-4-9-17(25-2)10-5-15/h4-13H,14H2,1-3H3,(H,21,23)/b13-6+. The van der Waals surface area contributed by atoms with Crippen LogP contribution in [-0.2, 0) is 9.59 Å². The molecule has 0 aromatic heterocycles. The van der Waals surface area contributed by atoms with Gasteiger partial charge in [0.05, 0.1) is 20.8 Å². The number of likely N-dealkylation sites (N-methyl/N-ethyl adjacent to an activating group) is 1. The number of ether oxygens (including phenoxy) is 2. The van der Waals surface area contributed by atoms with Gasteiger partial charge in [-0.1, -0.05) is 12.1 Å². The first kappa shape index (κ1) is 19.1. The molecule has 0 heterocycles. The van der Waals surface area contributed by atoms with Gasteiger partial charge in [0.25, 0.3) is 0 Å². The van der Waals surface area contributed by atoms with E-state index >= 15 is 0 Å². The molecule has 0 saturated carbocycles. The maximum atomic E-state index is 12.1. The number of amides is 2. The van der Waals surface area contributed by atoms with Crippen LogP contribution in [0.15, 0.2) is 54.6 Å². The van der Waals surface area contributed by atoms with Crippen LogP contribution in [0.3, 0.4) is 0 Å². The summed E-state index contributed by atoms with van der Waals surface area (Å²) in [5, 5.41) is 2.74. The van der Waals surface area contributed by atoms with E-state index in [1.807, 2.05) is 24.3 Å². The number of nitrogens with zero attached hydrogens (tertiary/aromatic N) is 1. The minimum atomic E-state index is -0.274. The van der Waals surface area contributed by atoms with Crippen molar-refractivity contribution in [3.05, 3.63) is 60.2 Å². The average Bonchev–Trinajstić information content (AvgIpc) is 2.66. The molecule has 0 aliphatic rings. The van der Waals surface area contributed by atoms with Gasteiger partial charge < -0.3 is 19.7 Å². The first-order valence-corrected chi connectivity index (χ1v) is 8.03. The Hall–Kier alpha value is -3.28. The summed E-state index contributed by atoms with van der Waals surface area (Å²) in [6.45, 7) is -0.0438. The van der Waals surface area contributed by atoms with Gasteiger partial charge >= 0.3 is 0 Å². The molecular weight excluding hydrogens is 332 g/mol. The summed E-state index contributed by atoms with van der Waals surface area (Å²) in [7, 11) is 4.75. The smallest absolute Gasteiger partial charge is 0.246 e. The second-order valence-corrected chi connectivity index (χ2v) is 5.58. The first-order valence-electron chi connectivity index (χ1n) is 8.03. The minimum absolute atomic E-state index is 0.0438. The van der Waals surface area contributed by atoms with Gasteiger partial charge in [0.1, 0.15) is 11.5 Å². The summed E-state index contributed by atoms with van der Waals surface area (Å²) in [4.78, 5) is 25.5. The van der Waals surface area contributed by atoms with Crippen molar-refractivity contribution in [2.75, 3.05) is 33.1 Å². The van der Waals surface area contributed by atoms with Crippen LogP contribution in [0.4, 0.5) is 5.69 Å². The molecule has 6 nitrogen and oxygen atoms in total. The van der Waals surface area contributed by atoms with Gasteiger partial charge in [-0.25, -0.2) is 0 Å². The Morgan fingerprint density at radius 1 is 0.962 bits per heavy atom. The number of hydrogen-bond donors (Lipinski definition) is 1. The van der Waals surface area contributed by atoms with Crippen LogP contribution in [0, 0.1) is 0 Å². The molecule has 2 amide bonds. The number of benzene rings is 2. The largest absolute Gasteiger partial charge is 0.497 e. The summed E-state index contributed by atoms with van der Waals surface area (Å²) in [5.41, 5.74) is 1.51. The van der Waals surface area contributed by atoms with E-state index in [2.05, 4.69) is 5.32 Å². The highest BCUT2D eigenvalue weighted by Crippen LogP contribution is 2.15.